The highest BCUT2D eigenvalue weighted by atomic mass is 16.3. The predicted molar refractivity (Wildman–Crippen MR) is 390 cm³/mol. The quantitative estimate of drug-likeness (QED) is 0.159. The summed E-state index contributed by atoms with van der Waals surface area (Å²) in [5.41, 5.74) is 26.6. The first-order chi connectivity index (χ1) is 42.8. The van der Waals surface area contributed by atoms with Crippen molar-refractivity contribution in [2.24, 2.45) is 0 Å². The SMILES string of the molecule is CC(C)c1cc2c3ccc(N(c4ccc5c(c4)C(C)(C)CCC5(C)C)c4ccc5c(c4)C(C)(C)CCC5(C)C)cc3n3c4cc5ccc6c7ccc(N(c8ccc9c(c8)C(C)(C)CCC9(C)C)c8ccc9c(c8)C(C)(C)CCC9(C)C)cc7oc6c5cc4c(c1)c23. The lowest BCUT2D eigenvalue weighted by molar-refractivity contribution is 0.332. The number of anilines is 6. The summed E-state index contributed by atoms with van der Waals surface area (Å²) < 4.78 is 9.96. The number of benzene rings is 9. The van der Waals surface area contributed by atoms with Crippen LogP contribution in [0.2, 0.25) is 0 Å². The molecule has 0 spiro atoms. The van der Waals surface area contributed by atoms with E-state index < -0.39 is 0 Å². The fourth-order valence-corrected chi connectivity index (χ4v) is 18.0. The third kappa shape index (κ3) is 8.71. The van der Waals surface area contributed by atoms with E-state index in [4.69, 9.17) is 4.42 Å². The zero-order valence-electron chi connectivity index (χ0n) is 57.8. The highest BCUT2D eigenvalue weighted by Crippen LogP contribution is 2.55. The summed E-state index contributed by atoms with van der Waals surface area (Å²) in [6.07, 6.45) is 9.42. The zero-order chi connectivity index (χ0) is 63.8. The molecular weight excluding hydrogens is 1100 g/mol. The van der Waals surface area contributed by atoms with Crippen LogP contribution >= 0.6 is 0 Å². The van der Waals surface area contributed by atoms with E-state index in [1.54, 1.807) is 0 Å². The topological polar surface area (TPSA) is 24.0 Å². The molecule has 0 saturated carbocycles. The summed E-state index contributed by atoms with van der Waals surface area (Å²) >= 11 is 0. The number of hydrogen-bond donors (Lipinski definition) is 0. The van der Waals surface area contributed by atoms with Gasteiger partial charge in [0.05, 0.1) is 16.6 Å². The molecule has 0 atom stereocenters. The van der Waals surface area contributed by atoms with Crippen molar-refractivity contribution < 1.29 is 4.42 Å². The molecule has 0 amide bonds. The van der Waals surface area contributed by atoms with Gasteiger partial charge < -0.3 is 18.6 Å². The second-order valence-electron chi connectivity index (χ2n) is 34.6. The van der Waals surface area contributed by atoms with Crippen molar-refractivity contribution in [3.63, 3.8) is 0 Å². The third-order valence-corrected chi connectivity index (χ3v) is 24.5. The summed E-state index contributed by atoms with van der Waals surface area (Å²) in [6, 6.07) is 58.5. The molecule has 0 N–H and O–H groups in total. The van der Waals surface area contributed by atoms with Crippen molar-refractivity contribution in [1.29, 1.82) is 0 Å². The Balaban J connectivity index is 0.886. The normalized spacial score (nSPS) is 19.8. The van der Waals surface area contributed by atoms with Gasteiger partial charge in [-0.15, -0.1) is 0 Å². The van der Waals surface area contributed by atoms with E-state index in [2.05, 4.69) is 284 Å². The van der Waals surface area contributed by atoms with Crippen LogP contribution < -0.4 is 9.80 Å². The van der Waals surface area contributed by atoms with Gasteiger partial charge in [0.2, 0.25) is 0 Å². The van der Waals surface area contributed by atoms with Crippen molar-refractivity contribution in [3.8, 4) is 0 Å². The number of hydrogen-bond acceptors (Lipinski definition) is 3. The van der Waals surface area contributed by atoms with Crippen LogP contribution in [-0.4, -0.2) is 4.40 Å². The highest BCUT2D eigenvalue weighted by molar-refractivity contribution is 6.27. The molecule has 0 unspecified atom stereocenters. The van der Waals surface area contributed by atoms with Gasteiger partial charge in [-0.3, -0.25) is 0 Å². The largest absolute Gasteiger partial charge is 0.455 e. The van der Waals surface area contributed by atoms with Crippen molar-refractivity contribution in [3.05, 3.63) is 196 Å². The molecule has 91 heavy (non-hydrogen) atoms. The van der Waals surface area contributed by atoms with Crippen LogP contribution in [0.25, 0.3) is 70.8 Å². The van der Waals surface area contributed by atoms with Crippen molar-refractivity contribution in [2.45, 2.75) is 225 Å². The highest BCUT2D eigenvalue weighted by Gasteiger charge is 2.42. The molecule has 0 radical (unpaired) electrons. The Bertz CT molecular complexity index is 4900. The average Bonchev–Trinajstić information content (AvgIpc) is 1.54. The van der Waals surface area contributed by atoms with E-state index in [1.165, 1.54) is 173 Å². The maximum atomic E-state index is 7.36. The van der Waals surface area contributed by atoms with Gasteiger partial charge in [-0.1, -0.05) is 161 Å². The Morgan fingerprint density at radius 1 is 0.308 bits per heavy atom. The molecular formula is C87H95N3O. The van der Waals surface area contributed by atoms with Gasteiger partial charge in [-0.2, -0.15) is 0 Å². The molecule has 0 fully saturated rings. The molecule has 12 aromatic rings. The molecule has 9 aromatic carbocycles. The monoisotopic (exact) mass is 1200 g/mol. The number of rotatable bonds is 7. The van der Waals surface area contributed by atoms with Gasteiger partial charge >= 0.3 is 0 Å². The van der Waals surface area contributed by atoms with Crippen LogP contribution in [0.3, 0.4) is 0 Å². The Morgan fingerprint density at radius 3 is 1.07 bits per heavy atom. The lowest BCUT2D eigenvalue weighted by Crippen LogP contribution is -2.34. The number of furan rings is 1. The van der Waals surface area contributed by atoms with E-state index in [9.17, 15) is 0 Å². The van der Waals surface area contributed by atoms with E-state index in [-0.39, 0.29) is 43.3 Å². The van der Waals surface area contributed by atoms with Gasteiger partial charge in [0.25, 0.3) is 0 Å². The van der Waals surface area contributed by atoms with Crippen LogP contribution in [0, 0.1) is 0 Å². The first kappa shape index (κ1) is 58.5. The Kier molecular flexibility index (Phi) is 12.2. The standard InChI is InChI=1S/C87H95N3O/c1-51(2)53-41-65-60-27-20-58(88(54-22-29-67-71(44-54)84(11,12)37-33-80(67,3)4)55-23-30-68-72(45-55)85(13,14)38-34-81(68,5)6)48-76(60)90-75-43-52-19-26-62-61-28-21-59(49-77(61)91-79(62)63(52)50-64(75)66(42-53)78(65)90)89(56-24-31-69-73(46-56)86(15,16)39-35-82(69,7)8)57-25-32-70-74(47-57)87(17,18)40-36-83(70,9)10/h19-32,41-51H,33-40H2,1-18H3. The van der Waals surface area contributed by atoms with Crippen LogP contribution in [0.15, 0.2) is 150 Å². The van der Waals surface area contributed by atoms with E-state index >= 15 is 0 Å². The second kappa shape index (κ2) is 19.0. The lowest BCUT2D eigenvalue weighted by atomic mass is 9.63. The first-order valence-corrected chi connectivity index (χ1v) is 34.6. The fraction of sp³-hybridized carbons (Fsp3) is 0.402. The minimum Gasteiger partial charge on any atom is -0.455 e. The maximum Gasteiger partial charge on any atom is 0.143 e. The third-order valence-electron chi connectivity index (χ3n) is 24.5. The first-order valence-electron chi connectivity index (χ1n) is 34.6. The van der Waals surface area contributed by atoms with Crippen molar-refractivity contribution in [2.75, 3.05) is 9.80 Å². The minimum atomic E-state index is 0.0637. The Labute approximate surface area is 541 Å². The van der Waals surface area contributed by atoms with E-state index in [0.29, 0.717) is 5.92 Å². The van der Waals surface area contributed by atoms with Crippen molar-refractivity contribution >= 4 is 105 Å². The number of nitrogens with zero attached hydrogens (tertiary/aromatic N) is 3. The lowest BCUT2D eigenvalue weighted by Gasteiger charge is -2.43. The second-order valence-corrected chi connectivity index (χ2v) is 34.6. The van der Waals surface area contributed by atoms with Gasteiger partial charge in [-0.25, -0.2) is 0 Å². The van der Waals surface area contributed by atoms with Gasteiger partial charge in [0, 0.05) is 77.9 Å². The van der Waals surface area contributed by atoms with E-state index in [1.807, 2.05) is 0 Å². The van der Waals surface area contributed by atoms with Crippen LogP contribution in [0.5, 0.6) is 0 Å². The molecule has 464 valence electrons. The molecule has 4 nitrogen and oxygen atoms in total. The minimum absolute atomic E-state index is 0.0637. The van der Waals surface area contributed by atoms with E-state index in [0.717, 1.165) is 33.0 Å². The summed E-state index contributed by atoms with van der Waals surface area (Å²) in [4.78, 5) is 5.11. The summed E-state index contributed by atoms with van der Waals surface area (Å²) in [6.45, 7) is 43.8. The van der Waals surface area contributed by atoms with Crippen molar-refractivity contribution in [1.82, 2.24) is 4.40 Å². The number of fused-ring (bicyclic) bond motifs is 15. The smallest absolute Gasteiger partial charge is 0.143 e. The molecule has 0 bridgehead atoms. The molecule has 4 aliphatic rings. The molecule has 4 aliphatic carbocycles. The molecule has 16 rings (SSSR count). The average molecular weight is 1200 g/mol. The fourth-order valence-electron chi connectivity index (χ4n) is 18.0. The molecule has 4 heteroatoms. The summed E-state index contributed by atoms with van der Waals surface area (Å²) in [5.74, 6) is 0.352. The van der Waals surface area contributed by atoms with Crippen LogP contribution in [0.1, 0.15) is 232 Å². The maximum absolute atomic E-state index is 7.36. The molecule has 3 heterocycles. The molecule has 0 aliphatic heterocycles. The van der Waals surface area contributed by atoms with Crippen LogP contribution in [-0.2, 0) is 43.3 Å². The molecule has 0 saturated heterocycles. The van der Waals surface area contributed by atoms with Gasteiger partial charge in [0.1, 0.15) is 11.2 Å². The Morgan fingerprint density at radius 2 is 0.648 bits per heavy atom. The molecule has 3 aromatic heterocycles. The zero-order valence-corrected chi connectivity index (χ0v) is 57.8. The van der Waals surface area contributed by atoms with Gasteiger partial charge in [0.15, 0.2) is 0 Å². The van der Waals surface area contributed by atoms with Gasteiger partial charge in [-0.05, 0) is 259 Å². The summed E-state index contributed by atoms with van der Waals surface area (Å²) in [5, 5.41) is 9.77. The predicted octanol–water partition coefficient (Wildman–Crippen LogP) is 25.3. The number of aromatic nitrogens is 1. The summed E-state index contributed by atoms with van der Waals surface area (Å²) in [7, 11) is 0. The Hall–Kier alpha value is -7.56. The van der Waals surface area contributed by atoms with Crippen LogP contribution in [0.4, 0.5) is 34.1 Å².